The van der Waals surface area contributed by atoms with Gasteiger partial charge < -0.3 is 9.47 Å². The van der Waals surface area contributed by atoms with Crippen molar-refractivity contribution in [3.8, 4) is 0 Å². The molecule has 1 rings (SSSR count). The van der Waals surface area contributed by atoms with Crippen molar-refractivity contribution >= 4 is 5.97 Å². The smallest absolute Gasteiger partial charge is 0.333 e. The van der Waals surface area contributed by atoms with Gasteiger partial charge in [0, 0.05) is 19.3 Å². The Balaban J connectivity index is 2.47. The minimum Gasteiger partial charge on any atom is -0.462 e. The molecular formula is C18H32O3. The van der Waals surface area contributed by atoms with Gasteiger partial charge in [-0.25, -0.2) is 4.79 Å². The molecule has 3 nitrogen and oxygen atoms in total. The maximum absolute atomic E-state index is 11.5. The number of ether oxygens (including phenoxy) is 2. The third kappa shape index (κ3) is 6.21. The molecule has 1 aliphatic carbocycles. The summed E-state index contributed by atoms with van der Waals surface area (Å²) in [6, 6.07) is 0. The summed E-state index contributed by atoms with van der Waals surface area (Å²) in [5.74, 6) is 0.625. The number of rotatable bonds is 9. The van der Waals surface area contributed by atoms with E-state index in [2.05, 4.69) is 13.5 Å². The van der Waals surface area contributed by atoms with Crippen molar-refractivity contribution < 1.29 is 14.3 Å². The second kappa shape index (κ2) is 9.24. The van der Waals surface area contributed by atoms with Crippen molar-refractivity contribution in [2.45, 2.75) is 65.2 Å². The lowest BCUT2D eigenvalue weighted by Crippen LogP contribution is -2.30. The Kier molecular flexibility index (Phi) is 8.02. The van der Waals surface area contributed by atoms with Gasteiger partial charge in [-0.2, -0.15) is 0 Å². The number of methoxy groups -OCH3 is 1. The second-order valence-electron chi connectivity index (χ2n) is 6.64. The van der Waals surface area contributed by atoms with E-state index in [-0.39, 0.29) is 5.97 Å². The van der Waals surface area contributed by atoms with Gasteiger partial charge >= 0.3 is 5.97 Å². The zero-order valence-corrected chi connectivity index (χ0v) is 14.1. The molecule has 0 N–H and O–H groups in total. The monoisotopic (exact) mass is 296 g/mol. The maximum atomic E-state index is 11.5. The Morgan fingerprint density at radius 1 is 1.24 bits per heavy atom. The SMILES string of the molecule is C=C(C)C(=O)OCCC1(CCOC)CCC(CCC)CC1. The van der Waals surface area contributed by atoms with Crippen molar-refractivity contribution in [1.82, 2.24) is 0 Å². The Morgan fingerprint density at radius 3 is 2.38 bits per heavy atom. The highest BCUT2D eigenvalue weighted by molar-refractivity contribution is 5.86. The summed E-state index contributed by atoms with van der Waals surface area (Å²) in [6.07, 6.45) is 9.77. The van der Waals surface area contributed by atoms with Crippen LogP contribution in [0.3, 0.4) is 0 Å². The van der Waals surface area contributed by atoms with Crippen molar-refractivity contribution in [3.05, 3.63) is 12.2 Å². The molecule has 0 aliphatic heterocycles. The minimum atomic E-state index is -0.267. The summed E-state index contributed by atoms with van der Waals surface area (Å²) >= 11 is 0. The van der Waals surface area contributed by atoms with Crippen LogP contribution in [-0.4, -0.2) is 26.3 Å². The van der Waals surface area contributed by atoms with Crippen molar-refractivity contribution in [3.63, 3.8) is 0 Å². The van der Waals surface area contributed by atoms with Crippen LogP contribution in [0.15, 0.2) is 12.2 Å². The van der Waals surface area contributed by atoms with Gasteiger partial charge in [0.1, 0.15) is 0 Å². The molecule has 0 unspecified atom stereocenters. The van der Waals surface area contributed by atoms with Crippen LogP contribution >= 0.6 is 0 Å². The average molecular weight is 296 g/mol. The third-order valence-corrected chi connectivity index (χ3v) is 4.91. The molecule has 0 aromatic heterocycles. The van der Waals surface area contributed by atoms with Gasteiger partial charge in [0.2, 0.25) is 0 Å². The van der Waals surface area contributed by atoms with Gasteiger partial charge in [0.25, 0.3) is 0 Å². The fourth-order valence-corrected chi connectivity index (χ4v) is 3.41. The van der Waals surface area contributed by atoms with Crippen LogP contribution in [0.5, 0.6) is 0 Å². The van der Waals surface area contributed by atoms with Gasteiger partial charge in [0.05, 0.1) is 6.61 Å². The van der Waals surface area contributed by atoms with Crippen molar-refractivity contribution in [2.75, 3.05) is 20.3 Å². The molecule has 0 atom stereocenters. The molecule has 0 amide bonds. The van der Waals surface area contributed by atoms with Crippen LogP contribution in [0.1, 0.15) is 65.2 Å². The Labute approximate surface area is 130 Å². The highest BCUT2D eigenvalue weighted by Gasteiger charge is 2.34. The highest BCUT2D eigenvalue weighted by atomic mass is 16.5. The molecule has 0 aromatic carbocycles. The summed E-state index contributed by atoms with van der Waals surface area (Å²) < 4.78 is 10.6. The van der Waals surface area contributed by atoms with Crippen LogP contribution in [0, 0.1) is 11.3 Å². The van der Waals surface area contributed by atoms with Gasteiger partial charge in [0.15, 0.2) is 0 Å². The minimum absolute atomic E-state index is 0.267. The molecule has 0 heterocycles. The third-order valence-electron chi connectivity index (χ3n) is 4.91. The molecule has 0 bridgehead atoms. The van der Waals surface area contributed by atoms with Crippen LogP contribution in [0.4, 0.5) is 0 Å². The van der Waals surface area contributed by atoms with E-state index < -0.39 is 0 Å². The summed E-state index contributed by atoms with van der Waals surface area (Å²) in [6.45, 7) is 8.89. The number of hydrogen-bond donors (Lipinski definition) is 0. The molecule has 1 fully saturated rings. The number of hydrogen-bond acceptors (Lipinski definition) is 3. The van der Waals surface area contributed by atoms with Crippen LogP contribution < -0.4 is 0 Å². The quantitative estimate of drug-likeness (QED) is 0.464. The van der Waals surface area contributed by atoms with Crippen molar-refractivity contribution in [2.24, 2.45) is 11.3 Å². The number of esters is 1. The topological polar surface area (TPSA) is 35.5 Å². The van der Waals surface area contributed by atoms with Gasteiger partial charge in [-0.1, -0.05) is 26.3 Å². The normalized spacial score (nSPS) is 25.6. The van der Waals surface area contributed by atoms with Gasteiger partial charge in [-0.15, -0.1) is 0 Å². The zero-order chi connectivity index (χ0) is 15.7. The largest absolute Gasteiger partial charge is 0.462 e. The Morgan fingerprint density at radius 2 is 1.86 bits per heavy atom. The van der Waals surface area contributed by atoms with E-state index in [0.717, 1.165) is 25.4 Å². The summed E-state index contributed by atoms with van der Waals surface area (Å²) in [4.78, 5) is 11.5. The Hall–Kier alpha value is -0.830. The maximum Gasteiger partial charge on any atom is 0.333 e. The first-order valence-electron chi connectivity index (χ1n) is 8.34. The first-order valence-corrected chi connectivity index (χ1v) is 8.34. The van der Waals surface area contributed by atoms with E-state index in [9.17, 15) is 4.79 Å². The summed E-state index contributed by atoms with van der Waals surface area (Å²) in [5.41, 5.74) is 0.780. The van der Waals surface area contributed by atoms with E-state index in [1.54, 1.807) is 14.0 Å². The first-order chi connectivity index (χ1) is 10.0. The van der Waals surface area contributed by atoms with E-state index >= 15 is 0 Å². The van der Waals surface area contributed by atoms with Crippen LogP contribution in [0.2, 0.25) is 0 Å². The number of carbonyl (C=O) groups is 1. The molecule has 0 saturated heterocycles. The van der Waals surface area contributed by atoms with E-state index in [1.165, 1.54) is 38.5 Å². The molecular weight excluding hydrogens is 264 g/mol. The zero-order valence-electron chi connectivity index (χ0n) is 14.1. The molecule has 122 valence electrons. The molecule has 0 aromatic rings. The summed E-state index contributed by atoms with van der Waals surface area (Å²) in [5, 5.41) is 0. The second-order valence-corrected chi connectivity index (χ2v) is 6.64. The van der Waals surface area contributed by atoms with E-state index in [0.29, 0.717) is 17.6 Å². The molecule has 21 heavy (non-hydrogen) atoms. The lowest BCUT2D eigenvalue weighted by atomic mass is 9.66. The highest BCUT2D eigenvalue weighted by Crippen LogP contribution is 2.45. The molecule has 1 saturated carbocycles. The van der Waals surface area contributed by atoms with Crippen LogP contribution in [-0.2, 0) is 14.3 Å². The van der Waals surface area contributed by atoms with E-state index in [1.807, 2.05) is 0 Å². The summed E-state index contributed by atoms with van der Waals surface area (Å²) in [7, 11) is 1.76. The average Bonchev–Trinajstić information content (AvgIpc) is 2.47. The lowest BCUT2D eigenvalue weighted by Gasteiger charge is -2.40. The lowest BCUT2D eigenvalue weighted by molar-refractivity contribution is -0.140. The predicted octanol–water partition coefficient (Wildman–Crippen LogP) is 4.51. The standard InChI is InChI=1S/C18H32O3/c1-5-6-16-7-9-18(10-8-16,11-13-20-4)12-14-21-17(19)15(2)3/h16H,2,5-14H2,1,3-4H3. The van der Waals surface area contributed by atoms with Gasteiger partial charge in [-0.3, -0.25) is 0 Å². The predicted molar refractivity (Wildman–Crippen MR) is 86.2 cm³/mol. The van der Waals surface area contributed by atoms with Crippen molar-refractivity contribution in [1.29, 1.82) is 0 Å². The molecule has 3 heteroatoms. The molecule has 0 radical (unpaired) electrons. The molecule has 1 aliphatic rings. The Bertz CT molecular complexity index is 327. The first kappa shape index (κ1) is 18.2. The van der Waals surface area contributed by atoms with Gasteiger partial charge in [-0.05, 0) is 56.8 Å². The van der Waals surface area contributed by atoms with E-state index in [4.69, 9.17) is 9.47 Å². The molecule has 0 spiro atoms. The number of carbonyl (C=O) groups excluding carboxylic acids is 1. The van der Waals surface area contributed by atoms with Crippen LogP contribution in [0.25, 0.3) is 0 Å². The fourth-order valence-electron chi connectivity index (χ4n) is 3.41. The fraction of sp³-hybridized carbons (Fsp3) is 0.833.